The van der Waals surface area contributed by atoms with E-state index < -0.39 is 97.3 Å². The zero-order valence-corrected chi connectivity index (χ0v) is 19.8. The third-order valence-corrected chi connectivity index (χ3v) is 4.89. The molecule has 0 bridgehead atoms. The molecule has 0 fully saturated rings. The van der Waals surface area contributed by atoms with Crippen LogP contribution in [0.15, 0.2) is 0 Å². The van der Waals surface area contributed by atoms with E-state index >= 15 is 0 Å². The first-order valence-electron chi connectivity index (χ1n) is 11.0. The van der Waals surface area contributed by atoms with Gasteiger partial charge in [0.2, 0.25) is 29.5 Å². The first-order chi connectivity index (χ1) is 17.1. The number of amides is 5. The Labute approximate surface area is 210 Å². The summed E-state index contributed by atoms with van der Waals surface area (Å²) in [4.78, 5) is 93.1. The van der Waals surface area contributed by atoms with Crippen molar-refractivity contribution in [2.24, 2.45) is 17.2 Å². The van der Waals surface area contributed by atoms with E-state index in [2.05, 4.69) is 16.0 Å². The van der Waals surface area contributed by atoms with Gasteiger partial charge >= 0.3 is 17.9 Å². The number of carbonyl (C=O) groups excluding carboxylic acids is 5. The fourth-order valence-corrected chi connectivity index (χ4v) is 2.87. The van der Waals surface area contributed by atoms with Crippen LogP contribution in [0.25, 0.3) is 0 Å². The van der Waals surface area contributed by atoms with Gasteiger partial charge < -0.3 is 48.5 Å². The van der Waals surface area contributed by atoms with Gasteiger partial charge in [-0.15, -0.1) is 0 Å². The topological polar surface area (TPSA) is 311 Å². The molecule has 0 saturated carbocycles. The number of carbonyl (C=O) groups is 8. The Hall–Kier alpha value is -4.28. The zero-order chi connectivity index (χ0) is 28.7. The molecular formula is C20H32N6O11. The standard InChI is InChI=1S/C20H32N6O11/c21-9(1-5-13(22)27)17(33)24-10(3-7-15(29)30)18(34)25-11(4-8-16(31)32)19(35)26-12(20(36)37)2-6-14(23)28/h9-12H,1-8,21H2,(H2,22,27)(H2,23,28)(H,24,33)(H,25,34)(H,26,35)(H,29,30)(H,31,32)(H,36,37)/t9-,10-,11-,12-/m0/s1. The minimum atomic E-state index is -1.60. The summed E-state index contributed by atoms with van der Waals surface area (Å²) in [5.41, 5.74) is 15.6. The summed E-state index contributed by atoms with van der Waals surface area (Å²) in [6, 6.07) is -6.00. The molecule has 0 aliphatic carbocycles. The molecule has 0 aliphatic rings. The van der Waals surface area contributed by atoms with E-state index in [1.807, 2.05) is 0 Å². The maximum absolute atomic E-state index is 12.8. The largest absolute Gasteiger partial charge is 0.481 e. The predicted octanol–water partition coefficient (Wildman–Crippen LogP) is -3.89. The van der Waals surface area contributed by atoms with Crippen molar-refractivity contribution in [2.45, 2.75) is 75.5 Å². The van der Waals surface area contributed by atoms with E-state index in [-0.39, 0.29) is 25.7 Å². The first-order valence-corrected chi connectivity index (χ1v) is 11.0. The van der Waals surface area contributed by atoms with Crippen LogP contribution in [-0.4, -0.2) is 86.9 Å². The van der Waals surface area contributed by atoms with Crippen LogP contribution < -0.4 is 33.2 Å². The Bertz CT molecular complexity index is 894. The normalized spacial score (nSPS) is 13.8. The number of nitrogens with two attached hydrogens (primary N) is 3. The summed E-state index contributed by atoms with van der Waals surface area (Å²) < 4.78 is 0. The van der Waals surface area contributed by atoms with E-state index in [4.69, 9.17) is 27.4 Å². The van der Waals surface area contributed by atoms with Gasteiger partial charge in [-0.3, -0.25) is 33.6 Å². The molecule has 12 N–H and O–H groups in total. The zero-order valence-electron chi connectivity index (χ0n) is 19.8. The lowest BCUT2D eigenvalue weighted by Gasteiger charge is -2.25. The summed E-state index contributed by atoms with van der Waals surface area (Å²) in [5.74, 6) is -8.84. The molecule has 5 amide bonds. The maximum atomic E-state index is 12.8. The molecule has 0 spiro atoms. The van der Waals surface area contributed by atoms with Gasteiger partial charge in [0.25, 0.3) is 0 Å². The van der Waals surface area contributed by atoms with Gasteiger partial charge in [0.15, 0.2) is 0 Å². The van der Waals surface area contributed by atoms with E-state index in [0.717, 1.165) is 0 Å². The maximum Gasteiger partial charge on any atom is 0.326 e. The number of carboxylic acid groups (broad SMARTS) is 3. The molecule has 0 aromatic rings. The fraction of sp³-hybridized carbons (Fsp3) is 0.600. The molecule has 0 heterocycles. The van der Waals surface area contributed by atoms with E-state index in [1.165, 1.54) is 0 Å². The van der Waals surface area contributed by atoms with Crippen LogP contribution in [0.4, 0.5) is 0 Å². The molecule has 17 nitrogen and oxygen atoms in total. The molecule has 0 aromatic heterocycles. The lowest BCUT2D eigenvalue weighted by molar-refractivity contribution is -0.143. The second-order valence-electron chi connectivity index (χ2n) is 8.00. The van der Waals surface area contributed by atoms with Gasteiger partial charge in [-0.2, -0.15) is 0 Å². The van der Waals surface area contributed by atoms with Crippen molar-refractivity contribution in [2.75, 3.05) is 0 Å². The van der Waals surface area contributed by atoms with Crippen LogP contribution in [0, 0.1) is 0 Å². The van der Waals surface area contributed by atoms with E-state index in [1.54, 1.807) is 0 Å². The minimum Gasteiger partial charge on any atom is -0.481 e. The average Bonchev–Trinajstić information content (AvgIpc) is 2.79. The van der Waals surface area contributed by atoms with Gasteiger partial charge in [-0.05, 0) is 25.7 Å². The fourth-order valence-electron chi connectivity index (χ4n) is 2.87. The quantitative estimate of drug-likeness (QED) is 0.0771. The number of aliphatic carboxylic acids is 3. The molecule has 0 rings (SSSR count). The highest BCUT2D eigenvalue weighted by Crippen LogP contribution is 2.06. The van der Waals surface area contributed by atoms with Crippen LogP contribution in [0.2, 0.25) is 0 Å². The van der Waals surface area contributed by atoms with Crippen LogP contribution in [-0.2, 0) is 38.4 Å². The molecule has 0 radical (unpaired) electrons. The Kier molecular flexibility index (Phi) is 14.5. The van der Waals surface area contributed by atoms with Crippen molar-refractivity contribution in [1.82, 2.24) is 16.0 Å². The Morgan fingerprint density at radius 3 is 1.27 bits per heavy atom. The molecule has 17 heteroatoms. The Morgan fingerprint density at radius 2 is 0.892 bits per heavy atom. The Balaban J connectivity index is 5.64. The lowest BCUT2D eigenvalue weighted by Crippen LogP contribution is -2.57. The molecule has 0 aliphatic heterocycles. The van der Waals surface area contributed by atoms with Gasteiger partial charge in [-0.1, -0.05) is 0 Å². The molecule has 37 heavy (non-hydrogen) atoms. The van der Waals surface area contributed by atoms with Gasteiger partial charge in [0.05, 0.1) is 6.04 Å². The number of hydrogen-bond acceptors (Lipinski definition) is 9. The molecule has 0 unspecified atom stereocenters. The molecule has 0 saturated heterocycles. The third kappa shape index (κ3) is 14.7. The van der Waals surface area contributed by atoms with Crippen molar-refractivity contribution >= 4 is 47.4 Å². The second-order valence-corrected chi connectivity index (χ2v) is 8.00. The van der Waals surface area contributed by atoms with Crippen LogP contribution in [0.5, 0.6) is 0 Å². The number of hydrogen-bond donors (Lipinski definition) is 9. The van der Waals surface area contributed by atoms with Crippen molar-refractivity contribution < 1.29 is 53.7 Å². The predicted molar refractivity (Wildman–Crippen MR) is 122 cm³/mol. The van der Waals surface area contributed by atoms with Crippen molar-refractivity contribution in [3.05, 3.63) is 0 Å². The van der Waals surface area contributed by atoms with Crippen molar-refractivity contribution in [3.8, 4) is 0 Å². The summed E-state index contributed by atoms with van der Waals surface area (Å²) in [6.07, 6.45) is -3.32. The van der Waals surface area contributed by atoms with Crippen LogP contribution >= 0.6 is 0 Å². The van der Waals surface area contributed by atoms with Gasteiger partial charge in [0.1, 0.15) is 18.1 Å². The highest BCUT2D eigenvalue weighted by Gasteiger charge is 2.31. The second kappa shape index (κ2) is 16.4. The lowest BCUT2D eigenvalue weighted by atomic mass is 10.1. The SMILES string of the molecule is NC(=O)CC[C@H](NC(=O)[C@H](CCC(=O)O)NC(=O)[C@H](CCC(=O)O)NC(=O)[C@@H](N)CCC(N)=O)C(=O)O. The van der Waals surface area contributed by atoms with Crippen molar-refractivity contribution in [1.29, 1.82) is 0 Å². The summed E-state index contributed by atoms with van der Waals surface area (Å²) in [7, 11) is 0. The molecule has 4 atom stereocenters. The van der Waals surface area contributed by atoms with Gasteiger partial charge in [0, 0.05) is 25.7 Å². The monoisotopic (exact) mass is 532 g/mol. The number of primary amides is 2. The van der Waals surface area contributed by atoms with Crippen LogP contribution in [0.3, 0.4) is 0 Å². The minimum absolute atomic E-state index is 0.167. The van der Waals surface area contributed by atoms with E-state index in [9.17, 15) is 43.5 Å². The van der Waals surface area contributed by atoms with Crippen LogP contribution in [0.1, 0.15) is 51.4 Å². The highest BCUT2D eigenvalue weighted by atomic mass is 16.4. The molecule has 0 aromatic carbocycles. The summed E-state index contributed by atoms with van der Waals surface area (Å²) >= 11 is 0. The summed E-state index contributed by atoms with van der Waals surface area (Å²) in [5, 5.41) is 33.6. The number of carboxylic acids is 3. The highest BCUT2D eigenvalue weighted by molar-refractivity contribution is 5.94. The molecule has 208 valence electrons. The average molecular weight is 533 g/mol. The number of rotatable bonds is 19. The van der Waals surface area contributed by atoms with E-state index in [0.29, 0.717) is 0 Å². The summed E-state index contributed by atoms with van der Waals surface area (Å²) in [6.45, 7) is 0. The third-order valence-electron chi connectivity index (χ3n) is 4.89. The van der Waals surface area contributed by atoms with Gasteiger partial charge in [-0.25, -0.2) is 4.79 Å². The molecular weight excluding hydrogens is 500 g/mol. The van der Waals surface area contributed by atoms with Crippen molar-refractivity contribution in [3.63, 3.8) is 0 Å². The first kappa shape index (κ1) is 32.7. The Morgan fingerprint density at radius 1 is 0.541 bits per heavy atom. The smallest absolute Gasteiger partial charge is 0.326 e. The number of nitrogens with one attached hydrogen (secondary N) is 3.